The lowest BCUT2D eigenvalue weighted by molar-refractivity contribution is -0.141. The molecule has 0 saturated carbocycles. The number of nitrogens with one attached hydrogen (secondary N) is 2. The predicted octanol–water partition coefficient (Wildman–Crippen LogP) is -0.0972. The smallest absolute Gasteiger partial charge is 0.326 e. The monoisotopic (exact) mass is 290 g/mol. The molecule has 0 aliphatic carbocycles. The minimum atomic E-state index is -1.18. The van der Waals surface area contributed by atoms with Gasteiger partial charge in [-0.25, -0.2) is 9.59 Å². The van der Waals surface area contributed by atoms with Crippen LogP contribution in [0.3, 0.4) is 0 Å². The van der Waals surface area contributed by atoms with E-state index in [1.807, 2.05) is 0 Å². The quantitative estimate of drug-likeness (QED) is 0.325. The molecule has 0 radical (unpaired) electrons. The maximum absolute atomic E-state index is 11.5. The summed E-state index contributed by atoms with van der Waals surface area (Å²) in [5.74, 6) is -2.29. The topological polar surface area (TPSA) is 142 Å². The van der Waals surface area contributed by atoms with Gasteiger partial charge in [0.15, 0.2) is 6.23 Å². The molecule has 0 aliphatic heterocycles. The van der Waals surface area contributed by atoms with Crippen LogP contribution in [-0.4, -0.2) is 46.9 Å². The van der Waals surface area contributed by atoms with E-state index < -0.39 is 30.2 Å². The van der Waals surface area contributed by atoms with Gasteiger partial charge in [-0.15, -0.1) is 0 Å². The summed E-state index contributed by atoms with van der Waals surface area (Å²) in [6.07, 6.45) is -0.746. The van der Waals surface area contributed by atoms with Gasteiger partial charge >= 0.3 is 18.0 Å². The third-order valence-electron chi connectivity index (χ3n) is 2.31. The molecule has 0 aromatic rings. The summed E-state index contributed by atoms with van der Waals surface area (Å²) in [6, 6.07) is -1.90. The summed E-state index contributed by atoms with van der Waals surface area (Å²) in [6.45, 7) is 1.84. The van der Waals surface area contributed by atoms with Crippen LogP contribution in [0.4, 0.5) is 4.79 Å². The summed E-state index contributed by atoms with van der Waals surface area (Å²) in [4.78, 5) is 43.0. The first kappa shape index (κ1) is 17.7. The van der Waals surface area contributed by atoms with Crippen molar-refractivity contribution in [2.24, 2.45) is 0 Å². The van der Waals surface area contributed by atoms with Crippen LogP contribution in [0, 0.1) is 0 Å². The van der Waals surface area contributed by atoms with Crippen molar-refractivity contribution in [1.29, 1.82) is 0 Å². The van der Waals surface area contributed by atoms with E-state index >= 15 is 0 Å². The summed E-state index contributed by atoms with van der Waals surface area (Å²) >= 11 is 0. The second kappa shape index (κ2) is 9.59. The molecule has 0 rings (SSSR count). The van der Waals surface area contributed by atoms with E-state index in [1.54, 1.807) is 6.92 Å². The van der Waals surface area contributed by atoms with Crippen LogP contribution in [0.2, 0.25) is 0 Å². The molecule has 2 atom stereocenters. The minimum Gasteiger partial charge on any atom is -0.481 e. The lowest BCUT2D eigenvalue weighted by Crippen LogP contribution is -2.49. The van der Waals surface area contributed by atoms with E-state index in [2.05, 4.69) is 15.4 Å². The molecule has 9 heteroatoms. The molecule has 20 heavy (non-hydrogen) atoms. The van der Waals surface area contributed by atoms with E-state index in [4.69, 9.17) is 10.2 Å². The number of carbonyl (C=O) groups excluding carboxylic acids is 2. The highest BCUT2D eigenvalue weighted by Crippen LogP contribution is 2.00. The molecule has 0 aliphatic rings. The van der Waals surface area contributed by atoms with Crippen LogP contribution in [0.1, 0.15) is 32.6 Å². The van der Waals surface area contributed by atoms with Crippen LogP contribution in [0.5, 0.6) is 0 Å². The molecular formula is C11H18N2O7. The zero-order valence-electron chi connectivity index (χ0n) is 11.0. The number of aliphatic carboxylic acids is 2. The highest BCUT2D eigenvalue weighted by Gasteiger charge is 2.21. The Morgan fingerprint density at radius 3 is 2.30 bits per heavy atom. The minimum absolute atomic E-state index is 0.0769. The van der Waals surface area contributed by atoms with Gasteiger partial charge in [-0.1, -0.05) is 13.3 Å². The van der Waals surface area contributed by atoms with Crippen molar-refractivity contribution in [2.45, 2.75) is 44.9 Å². The van der Waals surface area contributed by atoms with Crippen molar-refractivity contribution in [3.8, 4) is 0 Å². The number of carboxylic acids is 2. The van der Waals surface area contributed by atoms with Gasteiger partial charge in [0.1, 0.15) is 6.04 Å². The Kier molecular flexibility index (Phi) is 8.48. The van der Waals surface area contributed by atoms with E-state index in [0.29, 0.717) is 6.42 Å². The molecular weight excluding hydrogens is 272 g/mol. The molecule has 0 aromatic heterocycles. The molecule has 0 fully saturated rings. The van der Waals surface area contributed by atoms with E-state index in [1.165, 1.54) is 0 Å². The van der Waals surface area contributed by atoms with Crippen molar-refractivity contribution < 1.29 is 34.1 Å². The zero-order chi connectivity index (χ0) is 15.5. The van der Waals surface area contributed by atoms with Crippen LogP contribution >= 0.6 is 0 Å². The number of carboxylic acid groups (broad SMARTS) is 2. The Morgan fingerprint density at radius 2 is 1.85 bits per heavy atom. The first-order chi connectivity index (χ1) is 9.40. The molecule has 0 spiro atoms. The second-order valence-electron chi connectivity index (χ2n) is 3.95. The number of amides is 2. The number of hydrogen-bond acceptors (Lipinski definition) is 5. The lowest BCUT2D eigenvalue weighted by atomic mass is 10.2. The van der Waals surface area contributed by atoms with Crippen molar-refractivity contribution in [2.75, 3.05) is 0 Å². The maximum Gasteiger partial charge on any atom is 0.326 e. The second-order valence-corrected chi connectivity index (χ2v) is 3.95. The van der Waals surface area contributed by atoms with E-state index in [0.717, 1.165) is 0 Å². The third kappa shape index (κ3) is 7.90. The fourth-order valence-electron chi connectivity index (χ4n) is 1.39. The molecule has 0 saturated heterocycles. The van der Waals surface area contributed by atoms with Gasteiger partial charge < -0.3 is 25.6 Å². The van der Waals surface area contributed by atoms with Crippen LogP contribution < -0.4 is 10.6 Å². The van der Waals surface area contributed by atoms with Gasteiger partial charge in [-0.05, 0) is 6.42 Å². The summed E-state index contributed by atoms with van der Waals surface area (Å²) in [7, 11) is 0. The first-order valence-corrected chi connectivity index (χ1v) is 6.01. The SMILES string of the molecule is CCCC(NC(=O)NC(CCC(=O)O)OC=O)C(=O)O. The summed E-state index contributed by atoms with van der Waals surface area (Å²) in [5, 5.41) is 21.8. The molecule has 2 amide bonds. The summed E-state index contributed by atoms with van der Waals surface area (Å²) < 4.78 is 4.50. The molecule has 2 unspecified atom stereocenters. The van der Waals surface area contributed by atoms with Crippen molar-refractivity contribution in [1.82, 2.24) is 10.6 Å². The van der Waals surface area contributed by atoms with Crippen LogP contribution in [0.25, 0.3) is 0 Å². The highest BCUT2D eigenvalue weighted by molar-refractivity contribution is 5.82. The molecule has 114 valence electrons. The molecule has 9 nitrogen and oxygen atoms in total. The lowest BCUT2D eigenvalue weighted by Gasteiger charge is -2.19. The van der Waals surface area contributed by atoms with Gasteiger partial charge in [0.05, 0.1) is 6.42 Å². The van der Waals surface area contributed by atoms with E-state index in [9.17, 15) is 19.2 Å². The van der Waals surface area contributed by atoms with Crippen molar-refractivity contribution in [3.05, 3.63) is 0 Å². The average molecular weight is 290 g/mol. The van der Waals surface area contributed by atoms with Gasteiger partial charge in [-0.3, -0.25) is 9.59 Å². The largest absolute Gasteiger partial charge is 0.481 e. The number of carbonyl (C=O) groups is 4. The number of ether oxygens (including phenoxy) is 1. The first-order valence-electron chi connectivity index (χ1n) is 6.01. The number of urea groups is 1. The average Bonchev–Trinajstić information content (AvgIpc) is 2.35. The van der Waals surface area contributed by atoms with Crippen LogP contribution in [-0.2, 0) is 19.1 Å². The highest BCUT2D eigenvalue weighted by atomic mass is 16.5. The normalized spacial score (nSPS) is 12.8. The van der Waals surface area contributed by atoms with E-state index in [-0.39, 0.29) is 25.7 Å². The van der Waals surface area contributed by atoms with Crippen molar-refractivity contribution in [3.63, 3.8) is 0 Å². The van der Waals surface area contributed by atoms with Crippen molar-refractivity contribution >= 4 is 24.4 Å². The fraction of sp³-hybridized carbons (Fsp3) is 0.636. The Hall–Kier alpha value is -2.32. The van der Waals surface area contributed by atoms with Gasteiger partial charge in [0, 0.05) is 6.42 Å². The van der Waals surface area contributed by atoms with Gasteiger partial charge in [0.2, 0.25) is 0 Å². The number of hydrogen-bond donors (Lipinski definition) is 4. The Labute approximate surface area is 115 Å². The fourth-order valence-corrected chi connectivity index (χ4v) is 1.39. The Morgan fingerprint density at radius 1 is 1.20 bits per heavy atom. The third-order valence-corrected chi connectivity index (χ3v) is 2.31. The predicted molar refractivity (Wildman–Crippen MR) is 65.8 cm³/mol. The molecule has 0 heterocycles. The zero-order valence-corrected chi connectivity index (χ0v) is 11.0. The van der Waals surface area contributed by atoms with Crippen LogP contribution in [0.15, 0.2) is 0 Å². The standard InChI is InChI=1S/C11H18N2O7/c1-2-3-7(10(17)18)12-11(19)13-8(20-6-14)4-5-9(15)16/h6-8H,2-5H2,1H3,(H,15,16)(H,17,18)(H2,12,13,19). The number of rotatable bonds is 10. The Bertz CT molecular complexity index is 359. The Balaban J connectivity index is 4.38. The maximum atomic E-state index is 11.5. The van der Waals surface area contributed by atoms with Gasteiger partial charge in [-0.2, -0.15) is 0 Å². The molecule has 0 bridgehead atoms. The molecule has 0 aromatic carbocycles. The summed E-state index contributed by atoms with van der Waals surface area (Å²) in [5.41, 5.74) is 0. The molecule has 4 N–H and O–H groups in total. The van der Waals surface area contributed by atoms with Gasteiger partial charge in [0.25, 0.3) is 6.47 Å².